The number of carbonyl (C=O) groups is 1. The number of hydrogen-bond donors (Lipinski definition) is 1. The van der Waals surface area contributed by atoms with Crippen LogP contribution in [0.3, 0.4) is 0 Å². The van der Waals surface area contributed by atoms with E-state index in [4.69, 9.17) is 0 Å². The van der Waals surface area contributed by atoms with Crippen molar-refractivity contribution in [3.63, 3.8) is 0 Å². The number of fused-ring (bicyclic) bond motifs is 1. The van der Waals surface area contributed by atoms with Crippen LogP contribution in [0.1, 0.15) is 21.6 Å². The van der Waals surface area contributed by atoms with Crippen molar-refractivity contribution in [2.24, 2.45) is 0 Å². The Morgan fingerprint density at radius 3 is 2.58 bits per heavy atom. The van der Waals surface area contributed by atoms with Gasteiger partial charge in [0.25, 0.3) is 0 Å². The summed E-state index contributed by atoms with van der Waals surface area (Å²) in [4.78, 5) is 17.0. The third-order valence-corrected chi connectivity index (χ3v) is 4.19. The molecule has 6 heteroatoms. The number of para-hydroxylation sites is 1. The molecule has 0 atom stereocenters. The van der Waals surface area contributed by atoms with E-state index < -0.39 is 0 Å². The fourth-order valence-corrected chi connectivity index (χ4v) is 2.85. The summed E-state index contributed by atoms with van der Waals surface area (Å²) in [6.45, 7) is 1.82. The lowest BCUT2D eigenvalue weighted by molar-refractivity contribution is 0.103. The van der Waals surface area contributed by atoms with Crippen molar-refractivity contribution in [2.45, 2.75) is 6.92 Å². The van der Waals surface area contributed by atoms with Gasteiger partial charge in [0.2, 0.25) is 0 Å². The molecular weight excluding hydrogens is 333 g/mol. The summed E-state index contributed by atoms with van der Waals surface area (Å²) in [5.41, 5.74) is 2.53. The molecule has 0 amide bonds. The van der Waals surface area contributed by atoms with E-state index in [9.17, 15) is 14.3 Å². The first kappa shape index (κ1) is 16.0. The Morgan fingerprint density at radius 2 is 1.85 bits per heavy atom. The molecule has 0 radical (unpaired) electrons. The Bertz CT molecular complexity index is 1130. The second-order valence-corrected chi connectivity index (χ2v) is 5.92. The second-order valence-electron chi connectivity index (χ2n) is 5.92. The number of nitrogens with zero attached hydrogens (tertiary/aromatic N) is 3. The quantitative estimate of drug-likeness (QED) is 0.572. The maximum Gasteiger partial charge on any atom is 0.198 e. The second kappa shape index (κ2) is 6.07. The molecule has 0 aliphatic heterocycles. The van der Waals surface area contributed by atoms with Crippen molar-refractivity contribution in [3.8, 4) is 11.4 Å². The van der Waals surface area contributed by atoms with Gasteiger partial charge in [-0.2, -0.15) is 5.10 Å². The molecule has 2 aromatic heterocycles. The molecule has 0 bridgehead atoms. The molecule has 0 aliphatic carbocycles. The van der Waals surface area contributed by atoms with Crippen LogP contribution in [0.5, 0.6) is 5.75 Å². The van der Waals surface area contributed by atoms with E-state index >= 15 is 0 Å². The van der Waals surface area contributed by atoms with Gasteiger partial charge in [-0.15, -0.1) is 0 Å². The summed E-state index contributed by atoms with van der Waals surface area (Å²) in [6, 6.07) is 14.0. The number of pyridine rings is 1. The van der Waals surface area contributed by atoms with E-state index in [1.54, 1.807) is 41.1 Å². The number of halogens is 1. The Balaban J connectivity index is 1.82. The van der Waals surface area contributed by atoms with Crippen LogP contribution in [-0.4, -0.2) is 25.7 Å². The molecule has 0 fully saturated rings. The van der Waals surface area contributed by atoms with Crippen molar-refractivity contribution in [3.05, 3.63) is 83.4 Å². The number of phenols is 1. The topological polar surface area (TPSA) is 68.0 Å². The Labute approximate surface area is 148 Å². The fourth-order valence-electron chi connectivity index (χ4n) is 2.85. The third-order valence-electron chi connectivity index (χ3n) is 4.19. The van der Waals surface area contributed by atoms with Gasteiger partial charge in [-0.25, -0.2) is 14.1 Å². The average molecular weight is 347 g/mol. The molecule has 5 nitrogen and oxygen atoms in total. The maximum absolute atomic E-state index is 13.2. The highest BCUT2D eigenvalue weighted by molar-refractivity contribution is 6.11. The molecule has 0 saturated carbocycles. The summed E-state index contributed by atoms with van der Waals surface area (Å²) in [5, 5.41) is 15.1. The molecule has 0 aliphatic rings. The zero-order chi connectivity index (χ0) is 18.3. The largest absolute Gasteiger partial charge is 0.507 e. The summed E-state index contributed by atoms with van der Waals surface area (Å²) < 4.78 is 14.8. The number of phenolic OH excluding ortho intramolecular Hbond substituents is 1. The predicted octanol–water partition coefficient (Wildman–Crippen LogP) is 3.80. The van der Waals surface area contributed by atoms with Crippen molar-refractivity contribution in [1.29, 1.82) is 0 Å². The monoisotopic (exact) mass is 347 g/mol. The van der Waals surface area contributed by atoms with Gasteiger partial charge >= 0.3 is 0 Å². The minimum absolute atomic E-state index is 0.0728. The van der Waals surface area contributed by atoms with Gasteiger partial charge in [0.15, 0.2) is 11.4 Å². The summed E-state index contributed by atoms with van der Waals surface area (Å²) in [5.74, 6) is -0.715. The molecule has 0 spiro atoms. The number of hydrogen-bond acceptors (Lipinski definition) is 4. The Hall–Kier alpha value is -3.54. The van der Waals surface area contributed by atoms with Gasteiger partial charge in [-0.05, 0) is 49.4 Å². The molecule has 2 aromatic carbocycles. The number of aromatic hydroxyl groups is 1. The number of ketones is 1. The van der Waals surface area contributed by atoms with Crippen molar-refractivity contribution < 1.29 is 14.3 Å². The van der Waals surface area contributed by atoms with Crippen molar-refractivity contribution >= 4 is 16.8 Å². The van der Waals surface area contributed by atoms with E-state index in [1.165, 1.54) is 24.4 Å². The molecule has 2 heterocycles. The van der Waals surface area contributed by atoms with E-state index in [0.29, 0.717) is 22.6 Å². The predicted molar refractivity (Wildman–Crippen MR) is 95.1 cm³/mol. The Kier molecular flexibility index (Phi) is 3.73. The number of aromatic nitrogens is 3. The standard InChI is InChI=1S/C20H14FN3O2/c1-12-17-10-13(19(26)16-4-2-3-5-18(16)25)11-22-20(17)24(23-12)15-8-6-14(21)7-9-15/h2-11,25H,1H3. The molecule has 128 valence electrons. The smallest absolute Gasteiger partial charge is 0.198 e. The average Bonchev–Trinajstić information content (AvgIpc) is 2.98. The number of carbonyl (C=O) groups excluding carboxylic acids is 1. The molecule has 0 saturated heterocycles. The highest BCUT2D eigenvalue weighted by Gasteiger charge is 2.17. The summed E-state index contributed by atoms with van der Waals surface area (Å²) in [7, 11) is 0. The fraction of sp³-hybridized carbons (Fsp3) is 0.0500. The first-order valence-corrected chi connectivity index (χ1v) is 7.98. The highest BCUT2D eigenvalue weighted by Crippen LogP contribution is 2.24. The maximum atomic E-state index is 13.2. The lowest BCUT2D eigenvalue weighted by Gasteiger charge is -2.05. The van der Waals surface area contributed by atoms with Gasteiger partial charge in [-0.1, -0.05) is 12.1 Å². The molecular formula is C20H14FN3O2. The molecule has 4 rings (SSSR count). The zero-order valence-electron chi connectivity index (χ0n) is 13.8. The van der Waals surface area contributed by atoms with E-state index in [-0.39, 0.29) is 22.9 Å². The van der Waals surface area contributed by atoms with E-state index in [0.717, 1.165) is 5.39 Å². The number of benzene rings is 2. The Morgan fingerprint density at radius 1 is 1.12 bits per heavy atom. The van der Waals surface area contributed by atoms with Crippen LogP contribution in [0, 0.1) is 12.7 Å². The minimum Gasteiger partial charge on any atom is -0.507 e. The van der Waals surface area contributed by atoms with Crippen molar-refractivity contribution in [1.82, 2.24) is 14.8 Å². The van der Waals surface area contributed by atoms with Gasteiger partial charge in [0.05, 0.1) is 16.9 Å². The minimum atomic E-state index is -0.328. The van der Waals surface area contributed by atoms with Gasteiger partial charge in [0.1, 0.15) is 11.6 Å². The van der Waals surface area contributed by atoms with E-state index in [1.807, 2.05) is 6.92 Å². The van der Waals surface area contributed by atoms with Gasteiger partial charge < -0.3 is 5.11 Å². The van der Waals surface area contributed by atoms with Crippen LogP contribution in [0.25, 0.3) is 16.7 Å². The highest BCUT2D eigenvalue weighted by atomic mass is 19.1. The lowest BCUT2D eigenvalue weighted by Crippen LogP contribution is -2.03. The summed E-state index contributed by atoms with van der Waals surface area (Å²) in [6.07, 6.45) is 1.46. The SMILES string of the molecule is Cc1nn(-c2ccc(F)cc2)c2ncc(C(=O)c3ccccc3O)cc12. The van der Waals surface area contributed by atoms with Crippen LogP contribution < -0.4 is 0 Å². The molecule has 26 heavy (non-hydrogen) atoms. The summed E-state index contributed by atoms with van der Waals surface area (Å²) >= 11 is 0. The third kappa shape index (κ3) is 2.61. The first-order valence-electron chi connectivity index (χ1n) is 7.98. The lowest BCUT2D eigenvalue weighted by atomic mass is 10.0. The van der Waals surface area contributed by atoms with Crippen LogP contribution in [-0.2, 0) is 0 Å². The van der Waals surface area contributed by atoms with Crippen LogP contribution in [0.4, 0.5) is 4.39 Å². The first-order chi connectivity index (χ1) is 12.5. The van der Waals surface area contributed by atoms with Crippen LogP contribution in [0.2, 0.25) is 0 Å². The normalized spacial score (nSPS) is 11.0. The zero-order valence-corrected chi connectivity index (χ0v) is 13.8. The van der Waals surface area contributed by atoms with Crippen molar-refractivity contribution in [2.75, 3.05) is 0 Å². The molecule has 4 aromatic rings. The molecule has 1 N–H and O–H groups in total. The van der Waals surface area contributed by atoms with E-state index in [2.05, 4.69) is 10.1 Å². The van der Waals surface area contributed by atoms with Crippen LogP contribution >= 0.6 is 0 Å². The van der Waals surface area contributed by atoms with Crippen LogP contribution in [0.15, 0.2) is 60.8 Å². The molecule has 0 unspecified atom stereocenters. The van der Waals surface area contributed by atoms with Gasteiger partial charge in [-0.3, -0.25) is 4.79 Å². The number of rotatable bonds is 3. The number of aryl methyl sites for hydroxylation is 1. The van der Waals surface area contributed by atoms with Gasteiger partial charge in [0, 0.05) is 17.1 Å².